The fraction of sp³-hybridized carbons (Fsp3) is 0.179. The minimum atomic E-state index is -0.621. The van der Waals surface area contributed by atoms with Gasteiger partial charge in [0.15, 0.2) is 0 Å². The van der Waals surface area contributed by atoms with Gasteiger partial charge in [0.25, 0.3) is 5.91 Å². The predicted molar refractivity (Wildman–Crippen MR) is 131 cm³/mol. The first-order valence-electron chi connectivity index (χ1n) is 11.7. The lowest BCUT2D eigenvalue weighted by atomic mass is 9.89. The summed E-state index contributed by atoms with van der Waals surface area (Å²) < 4.78 is 5.04. The average Bonchev–Trinajstić information content (AvgIpc) is 3.38. The van der Waals surface area contributed by atoms with Crippen LogP contribution in [0.25, 0.3) is 10.9 Å². The van der Waals surface area contributed by atoms with Crippen molar-refractivity contribution in [2.45, 2.75) is 25.4 Å². The third kappa shape index (κ3) is 3.23. The molecule has 3 amide bonds. The lowest BCUT2D eigenvalue weighted by Gasteiger charge is -2.36. The highest BCUT2D eigenvalue weighted by Gasteiger charge is 2.53. The molecule has 1 aromatic heterocycles. The third-order valence-corrected chi connectivity index (χ3v) is 6.80. The van der Waals surface area contributed by atoms with Crippen LogP contribution in [0.5, 0.6) is 0 Å². The Morgan fingerprint density at radius 3 is 2.43 bits per heavy atom. The van der Waals surface area contributed by atoms with E-state index >= 15 is 0 Å². The van der Waals surface area contributed by atoms with Crippen molar-refractivity contribution in [2.75, 3.05) is 11.5 Å². The number of rotatable bonds is 4. The molecule has 35 heavy (non-hydrogen) atoms. The Hall–Kier alpha value is -4.39. The van der Waals surface area contributed by atoms with Crippen molar-refractivity contribution in [2.24, 2.45) is 0 Å². The number of hydrogen-bond acceptors (Lipinski definition) is 4. The van der Waals surface area contributed by atoms with E-state index in [0.29, 0.717) is 17.7 Å². The number of urea groups is 1. The molecule has 2 atom stereocenters. The molecule has 0 radical (unpaired) electrons. The highest BCUT2D eigenvalue weighted by molar-refractivity contribution is 6.22. The molecular formula is C28H23N3O4. The minimum Gasteiger partial charge on any atom is -0.462 e. The van der Waals surface area contributed by atoms with Crippen molar-refractivity contribution in [3.8, 4) is 0 Å². The van der Waals surface area contributed by atoms with E-state index in [1.54, 1.807) is 36.1 Å². The predicted octanol–water partition coefficient (Wildman–Crippen LogP) is 4.83. The maximum atomic E-state index is 13.8. The van der Waals surface area contributed by atoms with Crippen LogP contribution in [0.3, 0.4) is 0 Å². The van der Waals surface area contributed by atoms with Gasteiger partial charge in [0, 0.05) is 23.0 Å². The summed E-state index contributed by atoms with van der Waals surface area (Å²) in [6, 6.07) is 22.8. The number of fused-ring (bicyclic) bond motifs is 4. The minimum absolute atomic E-state index is 0.268. The number of ether oxygens (including phenoxy) is 1. The molecule has 4 aromatic rings. The number of amides is 3. The van der Waals surface area contributed by atoms with Crippen molar-refractivity contribution in [3.63, 3.8) is 0 Å². The molecule has 0 saturated carbocycles. The van der Waals surface area contributed by atoms with Gasteiger partial charge in [-0.15, -0.1) is 0 Å². The second-order valence-electron chi connectivity index (χ2n) is 8.73. The highest BCUT2D eigenvalue weighted by Crippen LogP contribution is 2.44. The van der Waals surface area contributed by atoms with E-state index in [1.807, 2.05) is 48.5 Å². The molecule has 2 aliphatic rings. The number of anilines is 1. The van der Waals surface area contributed by atoms with Crippen LogP contribution < -0.4 is 4.90 Å². The van der Waals surface area contributed by atoms with Crippen LogP contribution in [-0.2, 0) is 16.0 Å². The summed E-state index contributed by atoms with van der Waals surface area (Å²) in [6.45, 7) is 2.02. The van der Waals surface area contributed by atoms with E-state index in [4.69, 9.17) is 4.74 Å². The molecule has 3 heterocycles. The van der Waals surface area contributed by atoms with E-state index in [-0.39, 0.29) is 18.5 Å². The number of nitrogens with zero attached hydrogens (tertiary/aromatic N) is 2. The Morgan fingerprint density at radius 1 is 0.971 bits per heavy atom. The van der Waals surface area contributed by atoms with E-state index in [9.17, 15) is 14.4 Å². The second kappa shape index (κ2) is 8.13. The maximum Gasteiger partial charge on any atom is 0.338 e. The molecule has 174 valence electrons. The first-order valence-corrected chi connectivity index (χ1v) is 11.7. The van der Waals surface area contributed by atoms with Crippen LogP contribution in [0.2, 0.25) is 0 Å². The summed E-state index contributed by atoms with van der Waals surface area (Å²) in [6.07, 6.45) is 0.435. The lowest BCUT2D eigenvalue weighted by Crippen LogP contribution is -2.44. The zero-order valence-electron chi connectivity index (χ0n) is 19.1. The second-order valence-corrected chi connectivity index (χ2v) is 8.73. The van der Waals surface area contributed by atoms with E-state index in [1.165, 1.54) is 4.90 Å². The molecule has 7 heteroatoms. The molecule has 1 saturated heterocycles. The highest BCUT2D eigenvalue weighted by atomic mass is 16.5. The van der Waals surface area contributed by atoms with Crippen molar-refractivity contribution in [1.29, 1.82) is 0 Å². The maximum absolute atomic E-state index is 13.8. The number of hydrogen-bond donors (Lipinski definition) is 1. The summed E-state index contributed by atoms with van der Waals surface area (Å²) in [5.41, 5.74) is 4.74. The molecule has 0 unspecified atom stereocenters. The molecule has 1 fully saturated rings. The average molecular weight is 466 g/mol. The van der Waals surface area contributed by atoms with Gasteiger partial charge in [-0.05, 0) is 48.4 Å². The first kappa shape index (κ1) is 21.2. The number of imide groups is 1. The van der Waals surface area contributed by atoms with Gasteiger partial charge in [0.2, 0.25) is 0 Å². The van der Waals surface area contributed by atoms with Crippen LogP contribution in [0.15, 0.2) is 78.9 Å². The molecule has 3 aromatic carbocycles. The SMILES string of the molecule is CCOC(=O)c1ccc(N2C(=O)[C@@H]3Cc4c([nH]c5ccccc45)[C@@H](c4ccccc4)N3C2=O)cc1. The summed E-state index contributed by atoms with van der Waals surface area (Å²) in [4.78, 5) is 46.0. The third-order valence-electron chi connectivity index (χ3n) is 6.80. The van der Waals surface area contributed by atoms with Crippen LogP contribution in [0, 0.1) is 0 Å². The zero-order chi connectivity index (χ0) is 24.1. The van der Waals surface area contributed by atoms with Crippen LogP contribution in [0.4, 0.5) is 10.5 Å². The van der Waals surface area contributed by atoms with Crippen molar-refractivity contribution >= 4 is 34.5 Å². The van der Waals surface area contributed by atoms with Gasteiger partial charge in [-0.2, -0.15) is 0 Å². The Morgan fingerprint density at radius 2 is 1.69 bits per heavy atom. The molecule has 1 N–H and O–H groups in total. The fourth-order valence-corrected chi connectivity index (χ4v) is 5.26. The van der Waals surface area contributed by atoms with Gasteiger partial charge in [0.05, 0.1) is 17.9 Å². The molecule has 2 aliphatic heterocycles. The number of para-hydroxylation sites is 1. The number of benzene rings is 3. The number of carbonyl (C=O) groups excluding carboxylic acids is 3. The van der Waals surface area contributed by atoms with Gasteiger partial charge >= 0.3 is 12.0 Å². The van der Waals surface area contributed by atoms with Gasteiger partial charge < -0.3 is 9.72 Å². The van der Waals surface area contributed by atoms with Crippen LogP contribution in [-0.4, -0.2) is 40.4 Å². The summed E-state index contributed by atoms with van der Waals surface area (Å²) >= 11 is 0. The number of carbonyl (C=O) groups is 3. The van der Waals surface area contributed by atoms with Gasteiger partial charge in [0.1, 0.15) is 12.1 Å². The molecule has 7 nitrogen and oxygen atoms in total. The van der Waals surface area contributed by atoms with Gasteiger partial charge in [-0.25, -0.2) is 14.5 Å². The number of H-pyrrole nitrogens is 1. The van der Waals surface area contributed by atoms with Crippen molar-refractivity contribution in [1.82, 2.24) is 9.88 Å². The number of nitrogens with one attached hydrogen (secondary N) is 1. The molecular weight excluding hydrogens is 442 g/mol. The quantitative estimate of drug-likeness (QED) is 0.346. The number of aromatic nitrogens is 1. The smallest absolute Gasteiger partial charge is 0.338 e. The zero-order valence-corrected chi connectivity index (χ0v) is 19.1. The van der Waals surface area contributed by atoms with E-state index < -0.39 is 18.1 Å². The molecule has 0 bridgehead atoms. The van der Waals surface area contributed by atoms with Crippen molar-refractivity contribution in [3.05, 3.63) is 101 Å². The number of esters is 1. The fourth-order valence-electron chi connectivity index (χ4n) is 5.26. The standard InChI is InChI=1S/C28H23N3O4/c1-2-35-27(33)18-12-14-19(15-13-18)30-26(32)23-16-21-20-10-6-7-11-22(20)29-24(21)25(31(23)28(30)34)17-8-4-3-5-9-17/h3-15,23,25,29H,2,16H2,1H3/t23-,25+/m0/s1. The van der Waals surface area contributed by atoms with E-state index in [0.717, 1.165) is 27.7 Å². The monoisotopic (exact) mass is 465 g/mol. The summed E-state index contributed by atoms with van der Waals surface area (Å²) in [7, 11) is 0. The van der Waals surface area contributed by atoms with Crippen LogP contribution in [0.1, 0.15) is 40.1 Å². The Bertz CT molecular complexity index is 1460. The molecule has 0 spiro atoms. The Labute approximate surface area is 201 Å². The van der Waals surface area contributed by atoms with Gasteiger partial charge in [-0.3, -0.25) is 9.69 Å². The topological polar surface area (TPSA) is 82.7 Å². The summed E-state index contributed by atoms with van der Waals surface area (Å²) in [5.74, 6) is -0.708. The van der Waals surface area contributed by atoms with E-state index in [2.05, 4.69) is 11.1 Å². The lowest BCUT2D eigenvalue weighted by molar-refractivity contribution is -0.120. The molecule has 6 rings (SSSR count). The number of aromatic amines is 1. The Balaban J connectivity index is 1.44. The molecule has 0 aliphatic carbocycles. The Kier molecular flexibility index (Phi) is 4.91. The normalized spacial score (nSPS) is 19.1. The van der Waals surface area contributed by atoms with Gasteiger partial charge in [-0.1, -0.05) is 48.5 Å². The van der Waals surface area contributed by atoms with Crippen LogP contribution >= 0.6 is 0 Å². The van der Waals surface area contributed by atoms with Crippen molar-refractivity contribution < 1.29 is 19.1 Å². The first-order chi connectivity index (χ1) is 17.1. The largest absolute Gasteiger partial charge is 0.462 e. The summed E-state index contributed by atoms with van der Waals surface area (Å²) in [5, 5.41) is 1.07.